The van der Waals surface area contributed by atoms with Crippen LogP contribution >= 0.6 is 0 Å². The van der Waals surface area contributed by atoms with Crippen LogP contribution in [-0.4, -0.2) is 15.0 Å². The molecule has 0 aliphatic carbocycles. The average Bonchev–Trinajstić information content (AvgIpc) is 3.01. The number of aromatic nitrogens is 3. The van der Waals surface area contributed by atoms with E-state index in [0.29, 0.717) is 17.5 Å². The van der Waals surface area contributed by atoms with Crippen molar-refractivity contribution in [3.63, 3.8) is 0 Å². The predicted molar refractivity (Wildman–Crippen MR) is 157 cm³/mol. The summed E-state index contributed by atoms with van der Waals surface area (Å²) in [6, 6.07) is 48.2. The fourth-order valence-corrected chi connectivity index (χ4v) is 5.06. The van der Waals surface area contributed by atoms with Crippen molar-refractivity contribution in [1.29, 1.82) is 0 Å². The van der Waals surface area contributed by atoms with Crippen molar-refractivity contribution in [2.45, 2.75) is 0 Å². The van der Waals surface area contributed by atoms with Gasteiger partial charge in [-0.2, -0.15) is 0 Å². The normalized spacial score (nSPS) is 11.2. The van der Waals surface area contributed by atoms with Gasteiger partial charge in [0.2, 0.25) is 0 Å². The van der Waals surface area contributed by atoms with Gasteiger partial charge in [-0.15, -0.1) is 0 Å². The number of nitrogens with zero attached hydrogens (tertiary/aromatic N) is 3. The van der Waals surface area contributed by atoms with E-state index in [4.69, 9.17) is 15.0 Å². The highest BCUT2D eigenvalue weighted by Crippen LogP contribution is 2.35. The number of hydrogen-bond acceptors (Lipinski definition) is 3. The Kier molecular flexibility index (Phi) is 5.45. The molecule has 0 radical (unpaired) electrons. The van der Waals surface area contributed by atoms with E-state index in [2.05, 4.69) is 78.9 Å². The zero-order valence-electron chi connectivity index (χ0n) is 20.6. The summed E-state index contributed by atoms with van der Waals surface area (Å²) in [5.74, 6) is 1.99. The van der Waals surface area contributed by atoms with E-state index in [9.17, 15) is 0 Å². The third kappa shape index (κ3) is 4.00. The van der Waals surface area contributed by atoms with E-state index in [1.165, 1.54) is 27.3 Å². The van der Waals surface area contributed by atoms with Crippen molar-refractivity contribution in [2.75, 3.05) is 0 Å². The smallest absolute Gasteiger partial charge is 0.164 e. The molecule has 0 unspecified atom stereocenters. The lowest BCUT2D eigenvalue weighted by Crippen LogP contribution is -2.00. The molecule has 0 N–H and O–H groups in total. The molecule has 0 amide bonds. The molecule has 0 aliphatic heterocycles. The van der Waals surface area contributed by atoms with E-state index >= 15 is 0 Å². The molecule has 1 heterocycles. The van der Waals surface area contributed by atoms with Gasteiger partial charge in [0.15, 0.2) is 17.5 Å². The lowest BCUT2D eigenvalue weighted by molar-refractivity contribution is 1.07. The molecule has 0 aliphatic rings. The molecule has 0 atom stereocenters. The molecule has 7 rings (SSSR count). The van der Waals surface area contributed by atoms with Crippen LogP contribution in [0.25, 0.3) is 66.8 Å². The van der Waals surface area contributed by atoms with Crippen molar-refractivity contribution in [3.05, 3.63) is 140 Å². The van der Waals surface area contributed by atoms with Gasteiger partial charge in [-0.3, -0.25) is 0 Å². The summed E-state index contributed by atoms with van der Waals surface area (Å²) in [5, 5.41) is 4.85. The maximum absolute atomic E-state index is 4.91. The van der Waals surface area contributed by atoms with Crippen molar-refractivity contribution >= 4 is 21.5 Å². The molecule has 1 aromatic heterocycles. The van der Waals surface area contributed by atoms with Crippen LogP contribution < -0.4 is 0 Å². The highest BCUT2D eigenvalue weighted by molar-refractivity contribution is 6.06. The molecule has 7 aromatic rings. The zero-order valence-corrected chi connectivity index (χ0v) is 20.6. The van der Waals surface area contributed by atoms with Crippen molar-refractivity contribution in [1.82, 2.24) is 15.0 Å². The van der Waals surface area contributed by atoms with Crippen molar-refractivity contribution in [2.24, 2.45) is 0 Å². The lowest BCUT2D eigenvalue weighted by atomic mass is 9.93. The molecule has 0 spiro atoms. The van der Waals surface area contributed by atoms with E-state index in [-0.39, 0.29) is 0 Å². The van der Waals surface area contributed by atoms with Crippen LogP contribution in [0.15, 0.2) is 140 Å². The lowest BCUT2D eigenvalue weighted by Gasteiger charge is -2.12. The topological polar surface area (TPSA) is 38.7 Å². The quantitative estimate of drug-likeness (QED) is 0.250. The third-order valence-corrected chi connectivity index (χ3v) is 6.92. The van der Waals surface area contributed by atoms with E-state index in [0.717, 1.165) is 22.1 Å². The first-order valence-corrected chi connectivity index (χ1v) is 12.7. The minimum Gasteiger partial charge on any atom is -0.208 e. The summed E-state index contributed by atoms with van der Waals surface area (Å²) < 4.78 is 0. The first-order valence-electron chi connectivity index (χ1n) is 12.7. The second-order valence-electron chi connectivity index (χ2n) is 9.31. The van der Waals surface area contributed by atoms with E-state index < -0.39 is 0 Å². The van der Waals surface area contributed by atoms with Crippen LogP contribution in [0, 0.1) is 0 Å². The number of fused-ring (bicyclic) bond motifs is 2. The molecule has 3 heteroatoms. The van der Waals surface area contributed by atoms with Crippen molar-refractivity contribution in [3.8, 4) is 45.3 Å². The van der Waals surface area contributed by atoms with Gasteiger partial charge in [-0.05, 0) is 38.7 Å². The Morgan fingerprint density at radius 1 is 0.316 bits per heavy atom. The Morgan fingerprint density at radius 2 is 0.789 bits per heavy atom. The Labute approximate surface area is 221 Å². The minimum atomic E-state index is 0.662. The number of benzene rings is 6. The van der Waals surface area contributed by atoms with Gasteiger partial charge in [-0.25, -0.2) is 15.0 Å². The van der Waals surface area contributed by atoms with Crippen LogP contribution in [-0.2, 0) is 0 Å². The summed E-state index contributed by atoms with van der Waals surface area (Å²) >= 11 is 0. The summed E-state index contributed by atoms with van der Waals surface area (Å²) in [5.41, 5.74) is 5.35. The molecule has 0 fully saturated rings. The van der Waals surface area contributed by atoms with Gasteiger partial charge in [0.05, 0.1) is 0 Å². The Balaban J connectivity index is 1.40. The SMILES string of the molecule is c1ccc(-c2nc(-c3ccccc3)nc(-c3ccc4c(-c5cccc6ccccc56)cccc4c3)n2)cc1. The van der Waals surface area contributed by atoms with Crippen LogP contribution in [0.3, 0.4) is 0 Å². The first kappa shape index (κ1) is 22.1. The zero-order chi connectivity index (χ0) is 25.3. The molecular weight excluding hydrogens is 462 g/mol. The van der Waals surface area contributed by atoms with Gasteiger partial charge in [0.25, 0.3) is 0 Å². The summed E-state index contributed by atoms with van der Waals surface area (Å²) in [7, 11) is 0. The second kappa shape index (κ2) is 9.38. The fourth-order valence-electron chi connectivity index (χ4n) is 5.06. The largest absolute Gasteiger partial charge is 0.208 e. The highest BCUT2D eigenvalue weighted by Gasteiger charge is 2.14. The van der Waals surface area contributed by atoms with Crippen LogP contribution in [0.4, 0.5) is 0 Å². The van der Waals surface area contributed by atoms with E-state index in [1.54, 1.807) is 0 Å². The van der Waals surface area contributed by atoms with Crippen molar-refractivity contribution < 1.29 is 0 Å². The maximum Gasteiger partial charge on any atom is 0.164 e. The maximum atomic E-state index is 4.91. The van der Waals surface area contributed by atoms with E-state index in [1.807, 2.05) is 60.7 Å². The van der Waals surface area contributed by atoms with Gasteiger partial charge < -0.3 is 0 Å². The van der Waals surface area contributed by atoms with Gasteiger partial charge in [0.1, 0.15) is 0 Å². The van der Waals surface area contributed by atoms with Crippen LogP contribution in [0.2, 0.25) is 0 Å². The monoisotopic (exact) mass is 485 g/mol. The summed E-state index contributed by atoms with van der Waals surface area (Å²) in [4.78, 5) is 14.6. The minimum absolute atomic E-state index is 0.662. The van der Waals surface area contributed by atoms with Gasteiger partial charge in [0, 0.05) is 16.7 Å². The molecule has 0 bridgehead atoms. The Morgan fingerprint density at radius 3 is 1.42 bits per heavy atom. The number of rotatable bonds is 4. The molecule has 6 aromatic carbocycles. The molecule has 38 heavy (non-hydrogen) atoms. The van der Waals surface area contributed by atoms with Gasteiger partial charge >= 0.3 is 0 Å². The first-order chi connectivity index (χ1) is 18.8. The summed E-state index contributed by atoms with van der Waals surface area (Å²) in [6.45, 7) is 0. The standard InChI is InChI=1S/C35H23N3/c1-3-12-25(13-4-1)33-36-34(26-14-5-2-6-15-26)38-35(37-33)28-21-22-30-27(23-28)17-10-20-32(30)31-19-9-16-24-11-7-8-18-29(24)31/h1-23H. The fraction of sp³-hybridized carbons (Fsp3) is 0. The Hall–Kier alpha value is -5.15. The van der Waals surface area contributed by atoms with Crippen LogP contribution in [0.1, 0.15) is 0 Å². The molecule has 178 valence electrons. The summed E-state index contributed by atoms with van der Waals surface area (Å²) in [6.07, 6.45) is 0. The molecular formula is C35H23N3. The van der Waals surface area contributed by atoms with Crippen LogP contribution in [0.5, 0.6) is 0 Å². The third-order valence-electron chi connectivity index (χ3n) is 6.92. The highest BCUT2D eigenvalue weighted by atomic mass is 15.0. The Bertz CT molecular complexity index is 1850. The predicted octanol–water partition coefficient (Wildman–Crippen LogP) is 8.85. The average molecular weight is 486 g/mol. The van der Waals surface area contributed by atoms with Gasteiger partial charge in [-0.1, -0.05) is 133 Å². The number of hydrogen-bond donors (Lipinski definition) is 0. The molecule has 3 nitrogen and oxygen atoms in total. The molecule has 0 saturated carbocycles. The second-order valence-corrected chi connectivity index (χ2v) is 9.31. The molecule has 0 saturated heterocycles.